The van der Waals surface area contributed by atoms with Gasteiger partial charge in [-0.3, -0.25) is 0 Å². The van der Waals surface area contributed by atoms with Gasteiger partial charge < -0.3 is 4.98 Å². The standard InChI is InChI=1S/C11H8N4/c1-2-4-9-8(3-1)7-11(13-9)10-5-6-12-15-14-10/h1-7,13H. The average Bonchev–Trinajstić information content (AvgIpc) is 2.74. The Bertz CT molecular complexity index is 553. The molecule has 0 radical (unpaired) electrons. The van der Waals surface area contributed by atoms with E-state index < -0.39 is 0 Å². The molecule has 0 saturated carbocycles. The summed E-state index contributed by atoms with van der Waals surface area (Å²) in [6, 6.07) is 12.0. The Hall–Kier alpha value is -2.23. The summed E-state index contributed by atoms with van der Waals surface area (Å²) < 4.78 is 0. The number of nitrogens with zero attached hydrogens (tertiary/aromatic N) is 3. The van der Waals surface area contributed by atoms with Crippen LogP contribution in [-0.2, 0) is 0 Å². The number of hydrogen-bond acceptors (Lipinski definition) is 3. The lowest BCUT2D eigenvalue weighted by molar-refractivity contribution is 0.869. The molecule has 4 heteroatoms. The number of fused-ring (bicyclic) bond motifs is 1. The smallest absolute Gasteiger partial charge is 0.113 e. The molecule has 0 fully saturated rings. The van der Waals surface area contributed by atoms with Gasteiger partial charge in [0.15, 0.2) is 0 Å². The summed E-state index contributed by atoms with van der Waals surface area (Å²) in [5.41, 5.74) is 2.87. The summed E-state index contributed by atoms with van der Waals surface area (Å²) in [4.78, 5) is 3.28. The number of H-pyrrole nitrogens is 1. The van der Waals surface area contributed by atoms with Gasteiger partial charge >= 0.3 is 0 Å². The normalized spacial score (nSPS) is 10.7. The fourth-order valence-electron chi connectivity index (χ4n) is 1.60. The summed E-state index contributed by atoms with van der Waals surface area (Å²) in [5, 5.41) is 12.4. The molecular weight excluding hydrogens is 188 g/mol. The second-order valence-corrected chi connectivity index (χ2v) is 3.28. The molecule has 0 aliphatic carbocycles. The zero-order chi connectivity index (χ0) is 10.1. The van der Waals surface area contributed by atoms with E-state index in [2.05, 4.69) is 32.5 Å². The van der Waals surface area contributed by atoms with Gasteiger partial charge in [-0.2, -0.15) is 0 Å². The van der Waals surface area contributed by atoms with E-state index in [9.17, 15) is 0 Å². The van der Waals surface area contributed by atoms with E-state index in [1.54, 1.807) is 6.20 Å². The van der Waals surface area contributed by atoms with Crippen molar-refractivity contribution in [3.63, 3.8) is 0 Å². The van der Waals surface area contributed by atoms with E-state index in [0.717, 1.165) is 16.9 Å². The SMILES string of the molecule is c1ccc2[nH]c(-c3ccnnn3)cc2c1. The van der Waals surface area contributed by atoms with Gasteiger partial charge in [0.2, 0.25) is 0 Å². The van der Waals surface area contributed by atoms with Gasteiger partial charge in [-0.1, -0.05) is 18.2 Å². The van der Waals surface area contributed by atoms with Crippen molar-refractivity contribution in [2.45, 2.75) is 0 Å². The van der Waals surface area contributed by atoms with Gasteiger partial charge in [0, 0.05) is 10.9 Å². The lowest BCUT2D eigenvalue weighted by Gasteiger charge is -1.91. The van der Waals surface area contributed by atoms with E-state index in [-0.39, 0.29) is 0 Å². The van der Waals surface area contributed by atoms with E-state index in [0.29, 0.717) is 0 Å². The third-order valence-corrected chi connectivity index (χ3v) is 2.31. The van der Waals surface area contributed by atoms with Gasteiger partial charge in [0.25, 0.3) is 0 Å². The van der Waals surface area contributed by atoms with Crippen molar-refractivity contribution in [2.24, 2.45) is 0 Å². The molecule has 0 atom stereocenters. The van der Waals surface area contributed by atoms with E-state index >= 15 is 0 Å². The van der Waals surface area contributed by atoms with Crippen LogP contribution in [0.2, 0.25) is 0 Å². The fraction of sp³-hybridized carbons (Fsp3) is 0. The third kappa shape index (κ3) is 1.36. The Morgan fingerprint density at radius 3 is 2.80 bits per heavy atom. The largest absolute Gasteiger partial charge is 0.353 e. The quantitative estimate of drug-likeness (QED) is 0.647. The van der Waals surface area contributed by atoms with Crippen molar-refractivity contribution in [3.8, 4) is 11.4 Å². The molecule has 72 valence electrons. The minimum Gasteiger partial charge on any atom is -0.353 e. The van der Waals surface area contributed by atoms with Gasteiger partial charge in [0.1, 0.15) is 5.69 Å². The van der Waals surface area contributed by atoms with Crippen molar-refractivity contribution < 1.29 is 0 Å². The highest BCUT2D eigenvalue weighted by atomic mass is 15.3. The number of aromatic nitrogens is 4. The van der Waals surface area contributed by atoms with Gasteiger partial charge in [-0.05, 0) is 23.4 Å². The third-order valence-electron chi connectivity index (χ3n) is 2.31. The molecule has 0 aliphatic rings. The minimum absolute atomic E-state index is 0.807. The maximum absolute atomic E-state index is 3.95. The fourth-order valence-corrected chi connectivity index (χ4v) is 1.60. The van der Waals surface area contributed by atoms with Gasteiger partial charge in [-0.15, -0.1) is 10.2 Å². The zero-order valence-corrected chi connectivity index (χ0v) is 7.88. The molecule has 15 heavy (non-hydrogen) atoms. The van der Waals surface area contributed by atoms with Crippen LogP contribution < -0.4 is 0 Å². The first-order valence-corrected chi connectivity index (χ1v) is 4.66. The van der Waals surface area contributed by atoms with Crippen LogP contribution in [-0.4, -0.2) is 20.4 Å². The summed E-state index contributed by atoms with van der Waals surface area (Å²) in [6.07, 6.45) is 1.63. The Balaban J connectivity index is 2.21. The summed E-state index contributed by atoms with van der Waals surface area (Å²) in [7, 11) is 0. The Morgan fingerprint density at radius 1 is 1.07 bits per heavy atom. The summed E-state index contributed by atoms with van der Waals surface area (Å²) in [6.45, 7) is 0. The highest BCUT2D eigenvalue weighted by Gasteiger charge is 2.03. The maximum Gasteiger partial charge on any atom is 0.113 e. The van der Waals surface area contributed by atoms with Crippen molar-refractivity contribution in [1.82, 2.24) is 20.4 Å². The Kier molecular flexibility index (Phi) is 1.71. The Labute approximate surface area is 86.0 Å². The molecule has 0 unspecified atom stereocenters. The van der Waals surface area contributed by atoms with Crippen LogP contribution in [0.25, 0.3) is 22.3 Å². The average molecular weight is 196 g/mol. The van der Waals surface area contributed by atoms with Crippen LogP contribution in [0.3, 0.4) is 0 Å². The lowest BCUT2D eigenvalue weighted by Crippen LogP contribution is -1.88. The Morgan fingerprint density at radius 2 is 2.00 bits per heavy atom. The number of para-hydroxylation sites is 1. The van der Waals surface area contributed by atoms with Crippen LogP contribution in [0.5, 0.6) is 0 Å². The highest BCUT2D eigenvalue weighted by Crippen LogP contribution is 2.21. The second-order valence-electron chi connectivity index (χ2n) is 3.28. The number of hydrogen-bond donors (Lipinski definition) is 1. The van der Waals surface area contributed by atoms with Crippen LogP contribution in [0, 0.1) is 0 Å². The van der Waals surface area contributed by atoms with Crippen LogP contribution >= 0.6 is 0 Å². The van der Waals surface area contributed by atoms with Gasteiger partial charge in [-0.25, -0.2) is 0 Å². The predicted molar refractivity (Wildman–Crippen MR) is 57.1 cm³/mol. The van der Waals surface area contributed by atoms with Crippen molar-refractivity contribution in [2.75, 3.05) is 0 Å². The molecule has 2 heterocycles. The number of benzene rings is 1. The lowest BCUT2D eigenvalue weighted by atomic mass is 10.2. The van der Waals surface area contributed by atoms with Crippen molar-refractivity contribution in [3.05, 3.63) is 42.6 Å². The number of nitrogens with one attached hydrogen (secondary N) is 1. The number of rotatable bonds is 1. The molecule has 0 saturated heterocycles. The molecule has 4 nitrogen and oxygen atoms in total. The maximum atomic E-state index is 3.95. The minimum atomic E-state index is 0.807. The van der Waals surface area contributed by atoms with Crippen molar-refractivity contribution >= 4 is 10.9 Å². The van der Waals surface area contributed by atoms with E-state index in [4.69, 9.17) is 0 Å². The molecule has 2 aromatic heterocycles. The first-order chi connectivity index (χ1) is 7.43. The summed E-state index contributed by atoms with van der Waals surface area (Å²) in [5.74, 6) is 0. The van der Waals surface area contributed by atoms with Crippen LogP contribution in [0.4, 0.5) is 0 Å². The molecular formula is C11H8N4. The zero-order valence-electron chi connectivity index (χ0n) is 7.88. The first-order valence-electron chi connectivity index (χ1n) is 4.66. The molecule has 0 bridgehead atoms. The molecule has 0 amide bonds. The summed E-state index contributed by atoms with van der Waals surface area (Å²) >= 11 is 0. The highest BCUT2D eigenvalue weighted by molar-refractivity contribution is 5.84. The topological polar surface area (TPSA) is 54.5 Å². The predicted octanol–water partition coefficient (Wildman–Crippen LogP) is 2.02. The number of aromatic amines is 1. The first kappa shape index (κ1) is 8.11. The van der Waals surface area contributed by atoms with Crippen molar-refractivity contribution in [1.29, 1.82) is 0 Å². The van der Waals surface area contributed by atoms with Gasteiger partial charge in [0.05, 0.1) is 11.9 Å². The van der Waals surface area contributed by atoms with E-state index in [1.807, 2.05) is 24.3 Å². The molecule has 3 rings (SSSR count). The van der Waals surface area contributed by atoms with E-state index in [1.165, 1.54) is 5.39 Å². The molecule has 0 spiro atoms. The molecule has 0 aliphatic heterocycles. The van der Waals surface area contributed by atoms with Crippen LogP contribution in [0.1, 0.15) is 0 Å². The molecule has 1 N–H and O–H groups in total. The second kappa shape index (κ2) is 3.16. The molecule has 1 aromatic carbocycles. The molecule has 3 aromatic rings. The monoisotopic (exact) mass is 196 g/mol. The van der Waals surface area contributed by atoms with Crippen LogP contribution in [0.15, 0.2) is 42.6 Å².